The number of nitrogens with zero attached hydrogens (tertiary/aromatic N) is 2. The molecule has 0 saturated heterocycles. The zero-order valence-electron chi connectivity index (χ0n) is 18.1. The molecule has 2 heterocycles. The topological polar surface area (TPSA) is 91.9 Å². The third-order valence-electron chi connectivity index (χ3n) is 6.08. The van der Waals surface area contributed by atoms with Crippen LogP contribution in [0.1, 0.15) is 56.9 Å². The lowest BCUT2D eigenvalue weighted by Gasteiger charge is -2.08. The summed E-state index contributed by atoms with van der Waals surface area (Å²) in [7, 11) is 0. The second-order valence-electron chi connectivity index (χ2n) is 8.30. The third-order valence-corrected chi connectivity index (χ3v) is 6.08. The van der Waals surface area contributed by atoms with Gasteiger partial charge in [-0.3, -0.25) is 9.59 Å². The first-order chi connectivity index (χ1) is 15.6. The molecular formula is C26H28N2O4. The first-order valence-corrected chi connectivity index (χ1v) is 11.3. The fourth-order valence-electron chi connectivity index (χ4n) is 4.50. The van der Waals surface area contributed by atoms with Gasteiger partial charge in [-0.05, 0) is 25.0 Å². The molecule has 0 atom stereocenters. The molecule has 0 radical (unpaired) electrons. The van der Waals surface area contributed by atoms with Crippen LogP contribution in [0.15, 0.2) is 53.5 Å². The van der Waals surface area contributed by atoms with E-state index in [2.05, 4.69) is 4.99 Å². The lowest BCUT2D eigenvalue weighted by molar-refractivity contribution is -0.137. The molecule has 0 spiro atoms. The van der Waals surface area contributed by atoms with Crippen molar-refractivity contribution in [1.29, 1.82) is 0 Å². The van der Waals surface area contributed by atoms with Crippen LogP contribution >= 0.6 is 0 Å². The van der Waals surface area contributed by atoms with Crippen LogP contribution in [0.25, 0.3) is 16.5 Å². The molecule has 3 aromatic rings. The van der Waals surface area contributed by atoms with Crippen LogP contribution in [0.2, 0.25) is 0 Å². The number of fused-ring (bicyclic) bond motifs is 2. The van der Waals surface area contributed by atoms with Crippen molar-refractivity contribution in [3.05, 3.63) is 64.7 Å². The zero-order chi connectivity index (χ0) is 22.5. The lowest BCUT2D eigenvalue weighted by Crippen LogP contribution is -2.22. The predicted molar refractivity (Wildman–Crippen MR) is 123 cm³/mol. The third kappa shape index (κ3) is 4.44. The number of hydrogen-bond donors (Lipinski definition) is 2. The van der Waals surface area contributed by atoms with Crippen molar-refractivity contribution in [1.82, 2.24) is 4.57 Å². The highest BCUT2D eigenvalue weighted by Gasteiger charge is 2.26. The Balaban J connectivity index is 1.48. The van der Waals surface area contributed by atoms with Gasteiger partial charge in [-0.25, -0.2) is 4.99 Å². The molecule has 1 aliphatic rings. The van der Waals surface area contributed by atoms with Crippen molar-refractivity contribution in [2.75, 3.05) is 0 Å². The van der Waals surface area contributed by atoms with Gasteiger partial charge in [0, 0.05) is 23.6 Å². The van der Waals surface area contributed by atoms with Gasteiger partial charge in [0.05, 0.1) is 22.0 Å². The van der Waals surface area contributed by atoms with E-state index in [9.17, 15) is 14.7 Å². The highest BCUT2D eigenvalue weighted by molar-refractivity contribution is 6.24. The molecule has 1 aliphatic heterocycles. The Morgan fingerprint density at radius 1 is 0.875 bits per heavy atom. The molecule has 0 aliphatic carbocycles. The van der Waals surface area contributed by atoms with Gasteiger partial charge in [0.15, 0.2) is 5.88 Å². The van der Waals surface area contributed by atoms with Crippen molar-refractivity contribution in [3.63, 3.8) is 0 Å². The fourth-order valence-corrected chi connectivity index (χ4v) is 4.50. The molecule has 1 aromatic heterocycles. The van der Waals surface area contributed by atoms with Gasteiger partial charge in [0.1, 0.15) is 0 Å². The van der Waals surface area contributed by atoms with E-state index in [1.54, 1.807) is 0 Å². The van der Waals surface area contributed by atoms with Crippen LogP contribution in [0.3, 0.4) is 0 Å². The van der Waals surface area contributed by atoms with Crippen LogP contribution < -0.4 is 10.6 Å². The minimum atomic E-state index is -0.724. The summed E-state index contributed by atoms with van der Waals surface area (Å²) >= 11 is 0. The number of aliphatic carboxylic acids is 1. The summed E-state index contributed by atoms with van der Waals surface area (Å²) in [6, 6.07) is 15.2. The van der Waals surface area contributed by atoms with Crippen molar-refractivity contribution >= 4 is 28.4 Å². The summed E-state index contributed by atoms with van der Waals surface area (Å²) in [5.41, 5.74) is 1.95. The number of rotatable bonds is 11. The first kappa shape index (κ1) is 21.8. The summed E-state index contributed by atoms with van der Waals surface area (Å²) < 4.78 is 1.90. The van der Waals surface area contributed by atoms with Crippen LogP contribution in [0.4, 0.5) is 0 Å². The predicted octanol–water partition coefficient (Wildman–Crippen LogP) is 3.91. The fraction of sp³-hybridized carbons (Fsp3) is 0.346. The molecule has 0 saturated carbocycles. The SMILES string of the molecule is O=C(O)CCCCCCCCCn1c(O)c(C2=c3ccccc3=NC2=O)c2ccccc21. The Kier molecular flexibility index (Phi) is 6.69. The molecule has 2 N–H and O–H groups in total. The highest BCUT2D eigenvalue weighted by atomic mass is 16.4. The molecule has 6 nitrogen and oxygen atoms in total. The summed E-state index contributed by atoms with van der Waals surface area (Å²) in [5.74, 6) is -0.917. The summed E-state index contributed by atoms with van der Waals surface area (Å²) in [4.78, 5) is 27.4. The van der Waals surface area contributed by atoms with Gasteiger partial charge < -0.3 is 14.8 Å². The molecule has 2 aromatic carbocycles. The number of aromatic hydroxyl groups is 1. The van der Waals surface area contributed by atoms with Crippen LogP contribution in [0.5, 0.6) is 5.88 Å². The Morgan fingerprint density at radius 3 is 2.31 bits per heavy atom. The first-order valence-electron chi connectivity index (χ1n) is 11.3. The van der Waals surface area contributed by atoms with E-state index in [0.29, 0.717) is 23.0 Å². The van der Waals surface area contributed by atoms with Crippen LogP contribution in [-0.4, -0.2) is 26.7 Å². The Bertz CT molecular complexity index is 1270. The minimum Gasteiger partial charge on any atom is -0.494 e. The largest absolute Gasteiger partial charge is 0.494 e. The number of benzene rings is 2. The van der Waals surface area contributed by atoms with Gasteiger partial charge in [-0.15, -0.1) is 0 Å². The van der Waals surface area contributed by atoms with Crippen molar-refractivity contribution in [2.45, 2.75) is 57.9 Å². The number of hydrogen-bond acceptors (Lipinski definition) is 3. The van der Waals surface area contributed by atoms with Gasteiger partial charge >= 0.3 is 5.97 Å². The molecule has 0 bridgehead atoms. The average Bonchev–Trinajstić information content (AvgIpc) is 3.25. The molecule has 1 amide bonds. The number of aromatic nitrogens is 1. The second kappa shape index (κ2) is 9.81. The summed E-state index contributed by atoms with van der Waals surface area (Å²) in [5, 5.41) is 22.1. The monoisotopic (exact) mass is 432 g/mol. The molecule has 4 rings (SSSR count). The van der Waals surface area contributed by atoms with E-state index in [4.69, 9.17) is 5.11 Å². The quantitative estimate of drug-likeness (QED) is 0.450. The normalized spacial score (nSPS) is 12.9. The lowest BCUT2D eigenvalue weighted by atomic mass is 10.0. The minimum absolute atomic E-state index is 0.120. The molecule has 166 valence electrons. The molecule has 0 fully saturated rings. The van der Waals surface area contributed by atoms with Crippen molar-refractivity contribution < 1.29 is 19.8 Å². The maximum atomic E-state index is 12.7. The number of carbonyl (C=O) groups excluding carboxylic acids is 1. The number of carboxylic acids is 1. The van der Waals surface area contributed by atoms with Crippen molar-refractivity contribution in [3.8, 4) is 5.88 Å². The maximum Gasteiger partial charge on any atom is 0.303 e. The van der Waals surface area contributed by atoms with E-state index in [0.717, 1.165) is 61.1 Å². The van der Waals surface area contributed by atoms with Crippen LogP contribution in [0, 0.1) is 0 Å². The number of para-hydroxylation sites is 2. The van der Waals surface area contributed by atoms with E-state index in [1.807, 2.05) is 53.1 Å². The van der Waals surface area contributed by atoms with Gasteiger partial charge in [0.25, 0.3) is 5.91 Å². The molecule has 0 unspecified atom stereocenters. The van der Waals surface area contributed by atoms with Gasteiger partial charge in [0.2, 0.25) is 0 Å². The van der Waals surface area contributed by atoms with Crippen LogP contribution in [-0.2, 0) is 16.1 Å². The number of carbonyl (C=O) groups is 2. The summed E-state index contributed by atoms with van der Waals surface area (Å²) in [6.07, 6.45) is 7.14. The molecular weight excluding hydrogens is 404 g/mol. The molecule has 32 heavy (non-hydrogen) atoms. The second-order valence-corrected chi connectivity index (χ2v) is 8.30. The van der Waals surface area contributed by atoms with Crippen molar-refractivity contribution in [2.24, 2.45) is 4.99 Å². The van der Waals surface area contributed by atoms with E-state index < -0.39 is 5.97 Å². The molecule has 6 heteroatoms. The number of unbranched alkanes of at least 4 members (excludes halogenated alkanes) is 6. The number of carboxylic acid groups (broad SMARTS) is 1. The Morgan fingerprint density at radius 2 is 1.53 bits per heavy atom. The van der Waals surface area contributed by atoms with Gasteiger partial charge in [-0.1, -0.05) is 68.5 Å². The Hall–Kier alpha value is -3.41. The number of amides is 1. The van der Waals surface area contributed by atoms with Gasteiger partial charge in [-0.2, -0.15) is 0 Å². The smallest absolute Gasteiger partial charge is 0.303 e. The average molecular weight is 433 g/mol. The number of aryl methyl sites for hydroxylation is 1. The maximum absolute atomic E-state index is 12.7. The van der Waals surface area contributed by atoms with E-state index in [1.165, 1.54) is 0 Å². The standard InChI is InChI=1S/C26H28N2O4/c29-22(30)16-6-4-2-1-3-5-11-17-28-21-15-10-8-13-19(21)24(26(28)32)23-18-12-7-9-14-20(18)27-25(23)31/h7-10,12-15,32H,1-6,11,16-17H2,(H,29,30). The zero-order valence-corrected chi connectivity index (χ0v) is 18.1. The van der Waals surface area contributed by atoms with E-state index in [-0.39, 0.29) is 18.2 Å². The summed E-state index contributed by atoms with van der Waals surface area (Å²) in [6.45, 7) is 0.672. The van der Waals surface area contributed by atoms with E-state index >= 15 is 0 Å². The highest BCUT2D eigenvalue weighted by Crippen LogP contribution is 2.36. The Labute approximate surface area is 186 Å².